The van der Waals surface area contributed by atoms with Gasteiger partial charge in [-0.15, -0.1) is 11.3 Å². The van der Waals surface area contributed by atoms with E-state index in [9.17, 15) is 8.42 Å². The smallest absolute Gasteiger partial charge is 0.186 e. The zero-order valence-electron chi connectivity index (χ0n) is 11.3. The first-order valence-electron chi connectivity index (χ1n) is 6.07. The second-order valence-corrected chi connectivity index (χ2v) is 9.00. The zero-order chi connectivity index (χ0) is 14.0. The molecular formula is C11H19N3O2S3. The first kappa shape index (κ1) is 15.1. The van der Waals surface area contributed by atoms with Crippen LogP contribution in [-0.4, -0.2) is 50.1 Å². The van der Waals surface area contributed by atoms with Crippen LogP contribution in [0, 0.1) is 6.92 Å². The third-order valence-corrected chi connectivity index (χ3v) is 6.88. The first-order valence-corrected chi connectivity index (χ1v) is 10.00. The number of hydrogen-bond acceptors (Lipinski definition) is 7. The Morgan fingerprint density at radius 1 is 1.53 bits per heavy atom. The van der Waals surface area contributed by atoms with Crippen LogP contribution in [0.2, 0.25) is 0 Å². The number of anilines is 1. The lowest BCUT2D eigenvalue weighted by atomic mass is 10.4. The molecule has 1 aliphatic heterocycles. The van der Waals surface area contributed by atoms with E-state index in [2.05, 4.69) is 10.3 Å². The Kier molecular flexibility index (Phi) is 4.75. The molecule has 108 valence electrons. The Balaban J connectivity index is 2.30. The van der Waals surface area contributed by atoms with Crippen molar-refractivity contribution < 1.29 is 8.42 Å². The molecule has 0 radical (unpaired) electrons. The standard InChI is InChI=1S/C11H19N3O2S3/c1-8-9(6-12-2)18-11(13-8)14-4-5-17-7-10(14)19(3,15)16/h10,12H,4-7H2,1-3H3. The van der Waals surface area contributed by atoms with Crippen LogP contribution in [0.25, 0.3) is 0 Å². The highest BCUT2D eigenvalue weighted by Crippen LogP contribution is 2.31. The van der Waals surface area contributed by atoms with Crippen LogP contribution in [0.5, 0.6) is 0 Å². The van der Waals surface area contributed by atoms with Crippen LogP contribution in [-0.2, 0) is 16.4 Å². The first-order chi connectivity index (χ1) is 8.93. The molecule has 5 nitrogen and oxygen atoms in total. The molecule has 1 fully saturated rings. The van der Waals surface area contributed by atoms with Crippen molar-refractivity contribution in [1.29, 1.82) is 0 Å². The van der Waals surface area contributed by atoms with Crippen LogP contribution in [0.1, 0.15) is 10.6 Å². The van der Waals surface area contributed by atoms with E-state index >= 15 is 0 Å². The van der Waals surface area contributed by atoms with Crippen molar-refractivity contribution in [2.24, 2.45) is 0 Å². The van der Waals surface area contributed by atoms with Gasteiger partial charge < -0.3 is 10.2 Å². The van der Waals surface area contributed by atoms with Gasteiger partial charge in [0.25, 0.3) is 0 Å². The van der Waals surface area contributed by atoms with E-state index in [-0.39, 0.29) is 0 Å². The maximum Gasteiger partial charge on any atom is 0.186 e. The van der Waals surface area contributed by atoms with E-state index in [1.165, 1.54) is 11.1 Å². The molecule has 1 unspecified atom stereocenters. The topological polar surface area (TPSA) is 62.3 Å². The minimum Gasteiger partial charge on any atom is -0.329 e. The summed E-state index contributed by atoms with van der Waals surface area (Å²) in [5.74, 6) is 1.57. The van der Waals surface area contributed by atoms with Crippen molar-refractivity contribution in [2.45, 2.75) is 18.8 Å². The van der Waals surface area contributed by atoms with Gasteiger partial charge in [-0.3, -0.25) is 0 Å². The van der Waals surface area contributed by atoms with E-state index in [1.807, 2.05) is 18.9 Å². The maximum atomic E-state index is 11.9. The number of thiazole rings is 1. The second kappa shape index (κ2) is 5.99. The van der Waals surface area contributed by atoms with Gasteiger partial charge in [0.15, 0.2) is 15.0 Å². The molecule has 0 aromatic carbocycles. The minimum atomic E-state index is -3.08. The fourth-order valence-electron chi connectivity index (χ4n) is 2.01. The minimum absolute atomic E-state index is 0.445. The summed E-state index contributed by atoms with van der Waals surface area (Å²) in [5, 5.41) is 3.50. The third-order valence-electron chi connectivity index (χ3n) is 3.04. The summed E-state index contributed by atoms with van der Waals surface area (Å²) in [6, 6.07) is 0. The number of sulfone groups is 1. The molecule has 1 N–H and O–H groups in total. The molecule has 0 amide bonds. The molecule has 1 aliphatic rings. The van der Waals surface area contributed by atoms with E-state index in [1.54, 1.807) is 23.1 Å². The van der Waals surface area contributed by atoms with Crippen LogP contribution in [0.15, 0.2) is 0 Å². The van der Waals surface area contributed by atoms with Crippen molar-refractivity contribution >= 4 is 38.1 Å². The molecule has 1 atom stereocenters. The predicted molar refractivity (Wildman–Crippen MR) is 82.9 cm³/mol. The summed E-state index contributed by atoms with van der Waals surface area (Å²) in [7, 11) is -1.18. The van der Waals surface area contributed by atoms with Gasteiger partial charge in [0.2, 0.25) is 0 Å². The summed E-state index contributed by atoms with van der Waals surface area (Å²) in [6.07, 6.45) is 1.31. The number of thioether (sulfide) groups is 1. The van der Waals surface area contributed by atoms with Gasteiger partial charge >= 0.3 is 0 Å². The van der Waals surface area contributed by atoms with Crippen molar-refractivity contribution in [3.63, 3.8) is 0 Å². The van der Waals surface area contributed by atoms with Gasteiger partial charge in [0, 0.05) is 35.7 Å². The molecule has 2 heterocycles. The summed E-state index contributed by atoms with van der Waals surface area (Å²) in [5.41, 5.74) is 0.986. The van der Waals surface area contributed by atoms with Crippen LogP contribution < -0.4 is 10.2 Å². The largest absolute Gasteiger partial charge is 0.329 e. The maximum absolute atomic E-state index is 11.9. The van der Waals surface area contributed by atoms with Crippen LogP contribution in [0.4, 0.5) is 5.13 Å². The Labute approximate surface area is 122 Å². The predicted octanol–water partition coefficient (Wildman–Crippen LogP) is 1.09. The number of aromatic nitrogens is 1. The molecule has 1 saturated heterocycles. The zero-order valence-corrected chi connectivity index (χ0v) is 13.8. The quantitative estimate of drug-likeness (QED) is 0.896. The average Bonchev–Trinajstić information content (AvgIpc) is 2.70. The lowest BCUT2D eigenvalue weighted by molar-refractivity contribution is 0.584. The highest BCUT2D eigenvalue weighted by molar-refractivity contribution is 8.01. The molecule has 1 aromatic rings. The van der Waals surface area contributed by atoms with E-state index in [0.29, 0.717) is 5.75 Å². The van der Waals surface area contributed by atoms with E-state index < -0.39 is 15.2 Å². The van der Waals surface area contributed by atoms with Gasteiger partial charge in [-0.2, -0.15) is 11.8 Å². The van der Waals surface area contributed by atoms with Gasteiger partial charge in [0.1, 0.15) is 5.37 Å². The summed E-state index contributed by atoms with van der Waals surface area (Å²) >= 11 is 3.28. The van der Waals surface area contributed by atoms with Gasteiger partial charge in [-0.05, 0) is 14.0 Å². The highest BCUT2D eigenvalue weighted by Gasteiger charge is 2.33. The monoisotopic (exact) mass is 321 g/mol. The normalized spacial score (nSPS) is 20.8. The van der Waals surface area contributed by atoms with E-state index in [0.717, 1.165) is 29.7 Å². The number of rotatable bonds is 4. The Morgan fingerprint density at radius 3 is 2.89 bits per heavy atom. The lowest BCUT2D eigenvalue weighted by Crippen LogP contribution is -2.47. The Bertz CT molecular complexity index is 541. The fraction of sp³-hybridized carbons (Fsp3) is 0.727. The summed E-state index contributed by atoms with van der Waals surface area (Å²) in [6.45, 7) is 3.49. The van der Waals surface area contributed by atoms with Crippen molar-refractivity contribution in [3.05, 3.63) is 10.6 Å². The molecule has 8 heteroatoms. The number of hydrogen-bond donors (Lipinski definition) is 1. The average molecular weight is 321 g/mol. The van der Waals surface area contributed by atoms with E-state index in [4.69, 9.17) is 0 Å². The number of nitrogens with zero attached hydrogens (tertiary/aromatic N) is 2. The van der Waals surface area contributed by atoms with Gasteiger partial charge in [0.05, 0.1) is 5.69 Å². The molecule has 0 spiro atoms. The number of nitrogens with one attached hydrogen (secondary N) is 1. The van der Waals surface area contributed by atoms with Crippen LogP contribution >= 0.6 is 23.1 Å². The molecule has 0 aliphatic carbocycles. The van der Waals surface area contributed by atoms with Crippen molar-refractivity contribution in [2.75, 3.05) is 36.3 Å². The molecule has 0 bridgehead atoms. The molecule has 2 rings (SSSR count). The lowest BCUT2D eigenvalue weighted by Gasteiger charge is -2.33. The Morgan fingerprint density at radius 2 is 2.26 bits per heavy atom. The fourth-order valence-corrected chi connectivity index (χ4v) is 6.05. The van der Waals surface area contributed by atoms with Crippen LogP contribution in [0.3, 0.4) is 0 Å². The SMILES string of the molecule is CNCc1sc(N2CCSCC2S(C)(=O)=O)nc1C. The Hall–Kier alpha value is -0.310. The second-order valence-electron chi connectivity index (χ2n) is 4.59. The third kappa shape index (κ3) is 3.42. The summed E-state index contributed by atoms with van der Waals surface area (Å²) in [4.78, 5) is 7.66. The highest BCUT2D eigenvalue weighted by atomic mass is 32.2. The van der Waals surface area contributed by atoms with Gasteiger partial charge in [-0.1, -0.05) is 0 Å². The number of aryl methyl sites for hydroxylation is 1. The van der Waals surface area contributed by atoms with Crippen molar-refractivity contribution in [1.82, 2.24) is 10.3 Å². The molecular weight excluding hydrogens is 302 g/mol. The van der Waals surface area contributed by atoms with Crippen molar-refractivity contribution in [3.8, 4) is 0 Å². The molecule has 19 heavy (non-hydrogen) atoms. The summed E-state index contributed by atoms with van der Waals surface area (Å²) < 4.78 is 23.8. The molecule has 0 saturated carbocycles. The molecule has 1 aromatic heterocycles. The van der Waals surface area contributed by atoms with Gasteiger partial charge in [-0.25, -0.2) is 13.4 Å².